The summed E-state index contributed by atoms with van der Waals surface area (Å²) >= 11 is 0. The molecule has 11 aromatic rings. The molecule has 0 atom stereocenters. The summed E-state index contributed by atoms with van der Waals surface area (Å²) in [5, 5.41) is 2.36. The van der Waals surface area contributed by atoms with E-state index in [4.69, 9.17) is 4.99 Å². The van der Waals surface area contributed by atoms with Crippen molar-refractivity contribution in [1.82, 2.24) is 4.57 Å². The maximum absolute atomic E-state index is 5.02. The summed E-state index contributed by atoms with van der Waals surface area (Å²) < 4.78 is 4.48. The number of aromatic nitrogens is 2. The number of fused-ring (bicyclic) bond motifs is 6. The van der Waals surface area contributed by atoms with E-state index in [1.807, 2.05) is 7.05 Å². The van der Waals surface area contributed by atoms with Gasteiger partial charge in [0.15, 0.2) is 12.4 Å². The molecule has 5 nitrogen and oxygen atoms in total. The first-order chi connectivity index (χ1) is 37.3. The first-order valence-electron chi connectivity index (χ1n) is 26.4. The third-order valence-corrected chi connectivity index (χ3v) is 15.6. The van der Waals surface area contributed by atoms with Crippen LogP contribution in [0.1, 0.15) is 43.4 Å². The van der Waals surface area contributed by atoms with E-state index in [1.54, 1.807) is 0 Å². The number of rotatable bonds is 10. The normalized spacial score (nSPS) is 13.6. The lowest BCUT2D eigenvalue weighted by Gasteiger charge is -2.28. The summed E-state index contributed by atoms with van der Waals surface area (Å²) in [6.45, 7) is 4.75. The van der Waals surface area contributed by atoms with Crippen LogP contribution >= 0.6 is 0 Å². The summed E-state index contributed by atoms with van der Waals surface area (Å²) in [6, 6.07) is 82.4. The Kier molecular flexibility index (Phi) is 11.7. The van der Waals surface area contributed by atoms with Crippen LogP contribution in [0.3, 0.4) is 0 Å². The van der Waals surface area contributed by atoms with E-state index in [0.717, 1.165) is 80.5 Å². The van der Waals surface area contributed by atoms with Crippen molar-refractivity contribution in [3.63, 3.8) is 0 Å². The van der Waals surface area contributed by atoms with Crippen LogP contribution in [0.15, 0.2) is 266 Å². The number of hydrogen-bond donors (Lipinski definition) is 0. The van der Waals surface area contributed by atoms with Crippen LogP contribution in [0, 0.1) is 0 Å². The Bertz CT molecular complexity index is 4050. The molecule has 0 spiro atoms. The number of anilines is 4. The smallest absolute Gasteiger partial charge is 0.169 e. The van der Waals surface area contributed by atoms with E-state index in [9.17, 15) is 0 Å². The van der Waals surface area contributed by atoms with Crippen LogP contribution in [0.4, 0.5) is 22.7 Å². The summed E-state index contributed by atoms with van der Waals surface area (Å²) in [5.74, 6) is 0.903. The molecule has 0 saturated carbocycles. The minimum absolute atomic E-state index is 0.206. The standard InChI is InChI=1S/C71H58N5/c1-71(2)66-47-54(52-41-43-73(4)44-42-52)29-37-62(66)63-38-36-61(48-67(63)71)74(59-32-25-50(26-33-59)49-17-9-5-10-18-49)60-34-27-51(28-35-60)53-30-39-68-64(45-53)65-46-55(31-40-69(65)76(68)58-23-15-8-16-24-58)70(72-3)75(56-19-11-6-12-20-56)57-21-13-7-14-22-57/h5-6,8-13,15-48H,7,14H2,1-4H3/q+1. The molecule has 13 rings (SSSR count). The summed E-state index contributed by atoms with van der Waals surface area (Å²) in [7, 11) is 3.97. The van der Waals surface area contributed by atoms with Gasteiger partial charge in [-0.15, -0.1) is 0 Å². The zero-order valence-corrected chi connectivity index (χ0v) is 43.4. The molecule has 366 valence electrons. The number of aryl methyl sites for hydroxylation is 1. The van der Waals surface area contributed by atoms with Crippen molar-refractivity contribution >= 4 is 50.4 Å². The predicted molar refractivity (Wildman–Crippen MR) is 318 cm³/mol. The number of allylic oxidation sites excluding steroid dienone is 3. The van der Waals surface area contributed by atoms with Gasteiger partial charge in [0, 0.05) is 75.1 Å². The first kappa shape index (κ1) is 46.5. The average Bonchev–Trinajstić information content (AvgIpc) is 4.03. The molecular formula is C71H58N5+. The quantitative estimate of drug-likeness (QED) is 0.0776. The van der Waals surface area contributed by atoms with Crippen molar-refractivity contribution in [2.75, 3.05) is 16.8 Å². The van der Waals surface area contributed by atoms with Gasteiger partial charge in [-0.25, -0.2) is 4.57 Å². The minimum Gasteiger partial charge on any atom is -0.310 e. The number of amidine groups is 1. The van der Waals surface area contributed by atoms with E-state index in [1.165, 1.54) is 55.3 Å². The Hall–Kier alpha value is -9.32. The lowest BCUT2D eigenvalue weighted by Crippen LogP contribution is -2.31. The molecule has 2 aliphatic rings. The molecule has 2 aliphatic carbocycles. The molecule has 76 heavy (non-hydrogen) atoms. The molecule has 0 aliphatic heterocycles. The van der Waals surface area contributed by atoms with Gasteiger partial charge in [0.1, 0.15) is 12.9 Å². The van der Waals surface area contributed by atoms with Gasteiger partial charge in [-0.2, -0.15) is 0 Å². The lowest BCUT2D eigenvalue weighted by atomic mass is 9.81. The van der Waals surface area contributed by atoms with Crippen LogP contribution in [0.2, 0.25) is 0 Å². The van der Waals surface area contributed by atoms with Crippen molar-refractivity contribution < 1.29 is 4.57 Å². The average molecular weight is 981 g/mol. The van der Waals surface area contributed by atoms with Gasteiger partial charge in [-0.05, 0) is 172 Å². The largest absolute Gasteiger partial charge is 0.310 e. The molecule has 2 aromatic heterocycles. The van der Waals surface area contributed by atoms with Gasteiger partial charge >= 0.3 is 0 Å². The van der Waals surface area contributed by atoms with Crippen molar-refractivity contribution in [2.24, 2.45) is 12.0 Å². The Balaban J connectivity index is 0.902. The highest BCUT2D eigenvalue weighted by Crippen LogP contribution is 2.52. The molecule has 2 heterocycles. The number of nitrogens with zero attached hydrogens (tertiary/aromatic N) is 5. The fourth-order valence-corrected chi connectivity index (χ4v) is 11.7. The molecule has 9 aromatic carbocycles. The number of aliphatic imine (C=N–C) groups is 1. The maximum Gasteiger partial charge on any atom is 0.169 e. The Labute approximate surface area is 446 Å². The fourth-order valence-electron chi connectivity index (χ4n) is 11.7. The van der Waals surface area contributed by atoms with Crippen LogP contribution in [0.25, 0.3) is 72.0 Å². The number of pyridine rings is 1. The van der Waals surface area contributed by atoms with Gasteiger partial charge in [0.05, 0.1) is 11.0 Å². The topological polar surface area (TPSA) is 27.6 Å². The molecule has 0 bridgehead atoms. The third kappa shape index (κ3) is 8.22. The Morgan fingerprint density at radius 1 is 0.487 bits per heavy atom. The van der Waals surface area contributed by atoms with Crippen LogP contribution in [-0.2, 0) is 12.5 Å². The second-order valence-corrected chi connectivity index (χ2v) is 20.6. The van der Waals surface area contributed by atoms with Gasteiger partial charge in [0.25, 0.3) is 0 Å². The first-order valence-corrected chi connectivity index (χ1v) is 26.4. The second-order valence-electron chi connectivity index (χ2n) is 20.6. The highest BCUT2D eigenvalue weighted by molar-refractivity contribution is 6.17. The molecule has 5 heteroatoms. The van der Waals surface area contributed by atoms with E-state index in [2.05, 4.69) is 295 Å². The van der Waals surface area contributed by atoms with Crippen LogP contribution in [-0.4, -0.2) is 17.5 Å². The third-order valence-electron chi connectivity index (χ3n) is 15.6. The molecule has 0 saturated heterocycles. The van der Waals surface area contributed by atoms with Gasteiger partial charge < -0.3 is 9.47 Å². The van der Waals surface area contributed by atoms with Gasteiger partial charge in [-0.3, -0.25) is 9.89 Å². The zero-order chi connectivity index (χ0) is 51.3. The van der Waals surface area contributed by atoms with Crippen molar-refractivity contribution in [3.8, 4) is 50.2 Å². The Morgan fingerprint density at radius 2 is 1.01 bits per heavy atom. The Morgan fingerprint density at radius 3 is 1.67 bits per heavy atom. The molecule has 0 radical (unpaired) electrons. The molecule has 0 N–H and O–H groups in total. The predicted octanol–water partition coefficient (Wildman–Crippen LogP) is 17.5. The second kappa shape index (κ2) is 19.2. The van der Waals surface area contributed by atoms with Gasteiger partial charge in [0.2, 0.25) is 0 Å². The fraction of sp³-hybridized carbons (Fsp3) is 0.0986. The SMILES string of the molecule is CN=C(c1ccc2c(c1)c1cc(-c3ccc(N(c4ccc(-c5ccccc5)cc4)c4ccc5c(c4)C(C)(C)c4cc(-c6cc[n+](C)cc6)ccc4-5)cc3)ccc1n2-c1ccccc1)N(C1=CCCC=C1)c1ccccc1. The minimum atomic E-state index is -0.206. The zero-order valence-electron chi connectivity index (χ0n) is 43.4. The summed E-state index contributed by atoms with van der Waals surface area (Å²) in [4.78, 5) is 9.73. The van der Waals surface area contributed by atoms with Crippen LogP contribution in [0.5, 0.6) is 0 Å². The lowest BCUT2D eigenvalue weighted by molar-refractivity contribution is -0.671. The molecule has 0 fully saturated rings. The van der Waals surface area contributed by atoms with Crippen molar-refractivity contribution in [2.45, 2.75) is 32.1 Å². The monoisotopic (exact) mass is 980 g/mol. The van der Waals surface area contributed by atoms with E-state index < -0.39 is 0 Å². The van der Waals surface area contributed by atoms with E-state index >= 15 is 0 Å². The molecular weight excluding hydrogens is 923 g/mol. The highest BCUT2D eigenvalue weighted by Gasteiger charge is 2.36. The van der Waals surface area contributed by atoms with Gasteiger partial charge in [-0.1, -0.05) is 141 Å². The van der Waals surface area contributed by atoms with Crippen molar-refractivity contribution in [1.29, 1.82) is 0 Å². The van der Waals surface area contributed by atoms with Crippen molar-refractivity contribution in [3.05, 3.63) is 277 Å². The van der Waals surface area contributed by atoms with Crippen LogP contribution < -0.4 is 14.4 Å². The molecule has 0 unspecified atom stereocenters. The summed E-state index contributed by atoms with van der Waals surface area (Å²) in [5.41, 5.74) is 22.3. The number of para-hydroxylation sites is 2. The highest BCUT2D eigenvalue weighted by atomic mass is 15.2. The van der Waals surface area contributed by atoms with E-state index in [0.29, 0.717) is 0 Å². The number of hydrogen-bond acceptors (Lipinski definition) is 2. The number of benzene rings is 9. The maximum atomic E-state index is 5.02. The summed E-state index contributed by atoms with van der Waals surface area (Å²) in [6.07, 6.45) is 13.1. The molecule has 0 amide bonds. The van der Waals surface area contributed by atoms with E-state index in [-0.39, 0.29) is 5.41 Å².